The zero-order valence-corrected chi connectivity index (χ0v) is 16.7. The topological polar surface area (TPSA) is 154 Å². The van der Waals surface area contributed by atoms with Gasteiger partial charge in [-0.3, -0.25) is 19.7 Å². The third-order valence-electron chi connectivity index (χ3n) is 4.28. The van der Waals surface area contributed by atoms with Gasteiger partial charge in [-0.2, -0.15) is 0 Å². The van der Waals surface area contributed by atoms with E-state index in [-0.39, 0.29) is 17.8 Å². The lowest BCUT2D eigenvalue weighted by molar-refractivity contribution is -0.383. The molecule has 0 aliphatic rings. The largest absolute Gasteiger partial charge is 0.449 e. The summed E-state index contributed by atoms with van der Waals surface area (Å²) in [4.78, 5) is 46.6. The predicted molar refractivity (Wildman–Crippen MR) is 110 cm³/mol. The van der Waals surface area contributed by atoms with Crippen LogP contribution < -0.4 is 16.4 Å². The van der Waals surface area contributed by atoms with Gasteiger partial charge in [-0.15, -0.1) is 0 Å². The third kappa shape index (κ3) is 5.53. The Morgan fingerprint density at radius 2 is 1.80 bits per heavy atom. The van der Waals surface area contributed by atoms with Crippen molar-refractivity contribution in [2.45, 2.75) is 26.9 Å². The number of ether oxygens (including phenoxy) is 1. The highest BCUT2D eigenvalue weighted by Crippen LogP contribution is 2.23. The van der Waals surface area contributed by atoms with Gasteiger partial charge < -0.3 is 21.1 Å². The summed E-state index contributed by atoms with van der Waals surface area (Å²) >= 11 is 0. The number of nitrogen functional groups attached to an aromatic ring is 1. The monoisotopic (exact) mass is 414 g/mol. The first-order valence-corrected chi connectivity index (χ1v) is 8.98. The van der Waals surface area contributed by atoms with E-state index in [0.29, 0.717) is 5.69 Å². The van der Waals surface area contributed by atoms with Crippen LogP contribution in [0.4, 0.5) is 17.1 Å². The first-order valence-electron chi connectivity index (χ1n) is 8.98. The van der Waals surface area contributed by atoms with Gasteiger partial charge in [-0.25, -0.2) is 4.79 Å². The van der Waals surface area contributed by atoms with Crippen molar-refractivity contribution < 1.29 is 24.0 Å². The Hall–Kier alpha value is -3.95. The van der Waals surface area contributed by atoms with Gasteiger partial charge in [0.15, 0.2) is 6.10 Å². The van der Waals surface area contributed by atoms with Crippen molar-refractivity contribution in [2.24, 2.45) is 0 Å². The van der Waals surface area contributed by atoms with Crippen molar-refractivity contribution in [3.05, 3.63) is 63.2 Å². The maximum atomic E-state index is 12.2. The smallest absolute Gasteiger partial charge is 0.339 e. The Morgan fingerprint density at radius 3 is 2.40 bits per heavy atom. The van der Waals surface area contributed by atoms with Crippen LogP contribution in [0, 0.1) is 24.0 Å². The van der Waals surface area contributed by atoms with Crippen molar-refractivity contribution >= 4 is 34.8 Å². The minimum atomic E-state index is -1.22. The fourth-order valence-electron chi connectivity index (χ4n) is 2.62. The zero-order chi connectivity index (χ0) is 22.4. The molecule has 0 aliphatic carbocycles. The number of amides is 2. The van der Waals surface area contributed by atoms with Gasteiger partial charge in [-0.05, 0) is 44.0 Å². The fraction of sp³-hybridized carbons (Fsp3) is 0.250. The van der Waals surface area contributed by atoms with Gasteiger partial charge in [0.2, 0.25) is 5.91 Å². The molecule has 10 heteroatoms. The molecule has 1 unspecified atom stereocenters. The van der Waals surface area contributed by atoms with Gasteiger partial charge in [0.1, 0.15) is 5.69 Å². The summed E-state index contributed by atoms with van der Waals surface area (Å²) in [5.74, 6) is -2.06. The van der Waals surface area contributed by atoms with Crippen LogP contribution in [0.5, 0.6) is 0 Å². The average Bonchev–Trinajstić information content (AvgIpc) is 2.68. The Morgan fingerprint density at radius 1 is 1.17 bits per heavy atom. The van der Waals surface area contributed by atoms with E-state index >= 15 is 0 Å². The normalized spacial score (nSPS) is 11.3. The van der Waals surface area contributed by atoms with E-state index in [0.717, 1.165) is 17.2 Å². The van der Waals surface area contributed by atoms with Crippen LogP contribution in [0.2, 0.25) is 0 Å². The van der Waals surface area contributed by atoms with E-state index in [2.05, 4.69) is 10.6 Å². The maximum Gasteiger partial charge on any atom is 0.339 e. The Kier molecular flexibility index (Phi) is 7.08. The number of nitro benzene ring substituents is 1. The molecule has 2 aromatic rings. The summed E-state index contributed by atoms with van der Waals surface area (Å²) in [6, 6.07) is 9.01. The van der Waals surface area contributed by atoms with Gasteiger partial charge in [-0.1, -0.05) is 18.2 Å². The zero-order valence-electron chi connectivity index (χ0n) is 16.7. The van der Waals surface area contributed by atoms with Crippen molar-refractivity contribution in [1.29, 1.82) is 0 Å². The summed E-state index contributed by atoms with van der Waals surface area (Å²) in [6.07, 6.45) is -1.22. The van der Waals surface area contributed by atoms with E-state index in [1.54, 1.807) is 0 Å². The molecular weight excluding hydrogens is 392 g/mol. The summed E-state index contributed by atoms with van der Waals surface area (Å²) in [6.45, 7) is 4.71. The number of nitrogens with two attached hydrogens (primary N) is 1. The van der Waals surface area contributed by atoms with E-state index in [9.17, 15) is 24.5 Å². The molecular formula is C20H22N4O6. The van der Waals surface area contributed by atoms with Crippen LogP contribution in [0.1, 0.15) is 28.4 Å². The van der Waals surface area contributed by atoms with Crippen LogP contribution in [-0.4, -0.2) is 35.4 Å². The van der Waals surface area contributed by atoms with Gasteiger partial charge in [0.25, 0.3) is 11.6 Å². The number of hydrogen-bond acceptors (Lipinski definition) is 7. The second-order valence-corrected chi connectivity index (χ2v) is 6.61. The minimum absolute atomic E-state index is 0.0998. The van der Waals surface area contributed by atoms with E-state index in [1.165, 1.54) is 19.1 Å². The van der Waals surface area contributed by atoms with Gasteiger partial charge >= 0.3 is 5.97 Å². The first kappa shape index (κ1) is 22.3. The molecule has 0 fully saturated rings. The molecule has 0 saturated carbocycles. The minimum Gasteiger partial charge on any atom is -0.449 e. The summed E-state index contributed by atoms with van der Waals surface area (Å²) in [5.41, 5.74) is 7.26. The summed E-state index contributed by atoms with van der Waals surface area (Å²) < 4.78 is 5.02. The summed E-state index contributed by atoms with van der Waals surface area (Å²) in [7, 11) is 0. The number of nitrogens with one attached hydrogen (secondary N) is 2. The molecule has 2 rings (SSSR count). The lowest BCUT2D eigenvalue weighted by atomic mass is 10.1. The average molecular weight is 414 g/mol. The first-order chi connectivity index (χ1) is 14.1. The summed E-state index contributed by atoms with van der Waals surface area (Å²) in [5, 5.41) is 16.0. The SMILES string of the molecule is Cc1cccc(C)c1NC(=O)CNC(=O)C(C)OC(=O)c1ccc(N)c([N+](=O)[O-])c1. The van der Waals surface area contributed by atoms with Crippen molar-refractivity contribution in [2.75, 3.05) is 17.6 Å². The van der Waals surface area contributed by atoms with Crippen LogP contribution in [-0.2, 0) is 14.3 Å². The second kappa shape index (κ2) is 9.50. The maximum absolute atomic E-state index is 12.2. The number of carbonyl (C=O) groups is 3. The molecule has 158 valence electrons. The van der Waals surface area contributed by atoms with E-state index in [4.69, 9.17) is 10.5 Å². The number of carbonyl (C=O) groups excluding carboxylic acids is 3. The highest BCUT2D eigenvalue weighted by Gasteiger charge is 2.22. The Bertz CT molecular complexity index is 985. The molecule has 2 aromatic carbocycles. The fourth-order valence-corrected chi connectivity index (χ4v) is 2.62. The van der Waals surface area contributed by atoms with E-state index < -0.39 is 34.5 Å². The molecule has 30 heavy (non-hydrogen) atoms. The lowest BCUT2D eigenvalue weighted by Crippen LogP contribution is -2.40. The second-order valence-electron chi connectivity index (χ2n) is 6.61. The lowest BCUT2D eigenvalue weighted by Gasteiger charge is -2.15. The number of nitrogens with zero attached hydrogens (tertiary/aromatic N) is 1. The quantitative estimate of drug-likeness (QED) is 0.271. The molecule has 10 nitrogen and oxygen atoms in total. The highest BCUT2D eigenvalue weighted by molar-refractivity contribution is 5.97. The molecule has 0 radical (unpaired) electrons. The standard InChI is InChI=1S/C20H22N4O6/c1-11-5-4-6-12(2)18(11)23-17(25)10-22-19(26)13(3)30-20(27)14-7-8-15(21)16(9-14)24(28)29/h4-9,13H,10,21H2,1-3H3,(H,22,26)(H,23,25). The van der Waals surface area contributed by atoms with Gasteiger partial charge in [0, 0.05) is 11.8 Å². The molecule has 1 atom stereocenters. The van der Waals surface area contributed by atoms with E-state index in [1.807, 2.05) is 32.0 Å². The molecule has 0 bridgehead atoms. The molecule has 0 aliphatic heterocycles. The Balaban J connectivity index is 1.91. The molecule has 0 spiro atoms. The molecule has 2 amide bonds. The number of hydrogen-bond donors (Lipinski definition) is 3. The molecule has 0 saturated heterocycles. The predicted octanol–water partition coefficient (Wildman–Crippen LogP) is 2.09. The number of nitro groups is 1. The third-order valence-corrected chi connectivity index (χ3v) is 4.28. The molecule has 0 heterocycles. The number of anilines is 2. The van der Waals surface area contributed by atoms with Crippen LogP contribution in [0.3, 0.4) is 0 Å². The number of benzene rings is 2. The van der Waals surface area contributed by atoms with Crippen molar-refractivity contribution in [3.63, 3.8) is 0 Å². The highest BCUT2D eigenvalue weighted by atomic mass is 16.6. The molecule has 4 N–H and O–H groups in total. The number of rotatable bonds is 7. The van der Waals surface area contributed by atoms with Crippen molar-refractivity contribution in [1.82, 2.24) is 5.32 Å². The van der Waals surface area contributed by atoms with Crippen molar-refractivity contribution in [3.8, 4) is 0 Å². The van der Waals surface area contributed by atoms with Gasteiger partial charge in [0.05, 0.1) is 17.0 Å². The van der Waals surface area contributed by atoms with Crippen LogP contribution in [0.15, 0.2) is 36.4 Å². The number of aryl methyl sites for hydroxylation is 2. The van der Waals surface area contributed by atoms with Crippen LogP contribution in [0.25, 0.3) is 0 Å². The number of esters is 1. The number of para-hydroxylation sites is 1. The van der Waals surface area contributed by atoms with Crippen LogP contribution >= 0.6 is 0 Å². The molecule has 0 aromatic heterocycles. The Labute approximate surface area is 172 Å².